The van der Waals surface area contributed by atoms with Gasteiger partial charge in [0.2, 0.25) is 0 Å². The Morgan fingerprint density at radius 3 is 2.59 bits per heavy atom. The summed E-state index contributed by atoms with van der Waals surface area (Å²) in [6.45, 7) is 2.04. The van der Waals surface area contributed by atoms with Gasteiger partial charge in [-0.2, -0.15) is 0 Å². The van der Waals surface area contributed by atoms with Crippen LogP contribution in [-0.2, 0) is 6.42 Å². The van der Waals surface area contributed by atoms with Crippen LogP contribution in [0.4, 0.5) is 5.82 Å². The minimum Gasteiger partial charge on any atom is -0.383 e. The highest BCUT2D eigenvalue weighted by Crippen LogP contribution is 2.28. The van der Waals surface area contributed by atoms with Crippen LogP contribution in [-0.4, -0.2) is 9.97 Å². The average molecular weight is 266 g/mol. The van der Waals surface area contributed by atoms with Crippen LogP contribution in [0.1, 0.15) is 12.6 Å². The summed E-state index contributed by atoms with van der Waals surface area (Å²) in [5, 5.41) is 0.696. The van der Waals surface area contributed by atoms with Gasteiger partial charge in [0.1, 0.15) is 5.82 Å². The van der Waals surface area contributed by atoms with Crippen molar-refractivity contribution in [3.8, 4) is 11.1 Å². The molecule has 0 aliphatic carbocycles. The maximum Gasteiger partial charge on any atom is 0.198 e. The van der Waals surface area contributed by atoms with E-state index in [1.807, 2.05) is 31.2 Å². The third-order valence-electron chi connectivity index (χ3n) is 2.52. The van der Waals surface area contributed by atoms with E-state index in [2.05, 4.69) is 9.97 Å². The van der Waals surface area contributed by atoms with Gasteiger partial charge in [0.25, 0.3) is 0 Å². The molecule has 0 atom stereocenters. The number of aromatic nitrogens is 2. The third kappa shape index (κ3) is 2.48. The van der Waals surface area contributed by atoms with Crippen LogP contribution < -0.4 is 5.73 Å². The molecule has 5 heteroatoms. The molecule has 0 fully saturated rings. The average Bonchev–Trinajstić information content (AvgIpc) is 2.30. The predicted molar refractivity (Wildman–Crippen MR) is 73.7 cm³/mol. The molecule has 0 amide bonds. The van der Waals surface area contributed by atoms with Crippen molar-refractivity contribution in [2.75, 3.05) is 5.73 Å². The normalized spacial score (nSPS) is 10.5. The van der Waals surface area contributed by atoms with E-state index >= 15 is 0 Å². The molecule has 1 heterocycles. The van der Waals surface area contributed by atoms with Gasteiger partial charge >= 0.3 is 0 Å². The first-order valence-electron chi connectivity index (χ1n) is 5.26. The molecule has 0 saturated carbocycles. The molecule has 0 bridgehead atoms. The molecule has 2 rings (SSSR count). The Hall–Kier alpha value is -1.39. The predicted octanol–water partition coefficient (Wildman–Crippen LogP) is 3.60. The Morgan fingerprint density at radius 1 is 1.35 bits per heavy atom. The fraction of sp³-hybridized carbons (Fsp3) is 0.167. The smallest absolute Gasteiger partial charge is 0.198 e. The maximum absolute atomic E-state index is 5.94. The Balaban J connectivity index is 2.65. The number of hydrogen-bond acceptors (Lipinski definition) is 3. The lowest BCUT2D eigenvalue weighted by Crippen LogP contribution is -2.02. The second kappa shape index (κ2) is 4.85. The van der Waals surface area contributed by atoms with Crippen LogP contribution in [0.25, 0.3) is 11.1 Å². The van der Waals surface area contributed by atoms with Crippen molar-refractivity contribution in [1.82, 2.24) is 9.97 Å². The Bertz CT molecular complexity index is 590. The summed E-state index contributed by atoms with van der Waals surface area (Å²) < 4.78 is 0.414. The molecular weight excluding hydrogens is 254 g/mol. The van der Waals surface area contributed by atoms with Crippen molar-refractivity contribution < 1.29 is 0 Å². The minimum absolute atomic E-state index is 0.414. The Morgan fingerprint density at radius 2 is 2.00 bits per heavy atom. The fourth-order valence-electron chi connectivity index (χ4n) is 1.74. The monoisotopic (exact) mass is 265 g/mol. The summed E-state index contributed by atoms with van der Waals surface area (Å²) in [5.41, 5.74) is 8.82. The third-order valence-corrected chi connectivity index (χ3v) is 2.97. The molecule has 0 radical (unpaired) electrons. The van der Waals surface area contributed by atoms with Crippen LogP contribution in [0, 0.1) is 4.77 Å². The topological polar surface area (TPSA) is 54.7 Å². The summed E-state index contributed by atoms with van der Waals surface area (Å²) in [7, 11) is 0. The fourth-order valence-corrected chi connectivity index (χ4v) is 2.09. The van der Waals surface area contributed by atoms with E-state index in [1.165, 1.54) is 0 Å². The van der Waals surface area contributed by atoms with E-state index in [9.17, 15) is 0 Å². The number of aromatic amines is 1. The maximum atomic E-state index is 5.94. The van der Waals surface area contributed by atoms with Gasteiger partial charge in [-0.05, 0) is 36.3 Å². The number of benzene rings is 1. The highest BCUT2D eigenvalue weighted by molar-refractivity contribution is 7.71. The van der Waals surface area contributed by atoms with Gasteiger partial charge in [-0.3, -0.25) is 0 Å². The first-order valence-corrected chi connectivity index (χ1v) is 6.05. The highest BCUT2D eigenvalue weighted by atomic mass is 35.5. The first-order chi connectivity index (χ1) is 8.11. The number of aryl methyl sites for hydroxylation is 1. The largest absolute Gasteiger partial charge is 0.383 e. The van der Waals surface area contributed by atoms with E-state index in [-0.39, 0.29) is 0 Å². The summed E-state index contributed by atoms with van der Waals surface area (Å²) in [6, 6.07) is 7.51. The van der Waals surface area contributed by atoms with E-state index < -0.39 is 0 Å². The molecule has 0 aliphatic rings. The second-order valence-electron chi connectivity index (χ2n) is 3.64. The van der Waals surface area contributed by atoms with Crippen molar-refractivity contribution >= 4 is 29.6 Å². The molecule has 1 aromatic heterocycles. The van der Waals surface area contributed by atoms with Crippen molar-refractivity contribution in [1.29, 1.82) is 0 Å². The zero-order valence-corrected chi connectivity index (χ0v) is 10.9. The molecule has 0 spiro atoms. The van der Waals surface area contributed by atoms with Crippen molar-refractivity contribution in [3.63, 3.8) is 0 Å². The van der Waals surface area contributed by atoms with Gasteiger partial charge in [0.05, 0.1) is 0 Å². The quantitative estimate of drug-likeness (QED) is 0.816. The van der Waals surface area contributed by atoms with Crippen LogP contribution in [0.5, 0.6) is 0 Å². The van der Waals surface area contributed by atoms with Gasteiger partial charge in [-0.15, -0.1) is 0 Å². The number of nitrogens with one attached hydrogen (secondary N) is 1. The molecule has 3 nitrogen and oxygen atoms in total. The van der Waals surface area contributed by atoms with Gasteiger partial charge in [0, 0.05) is 16.3 Å². The van der Waals surface area contributed by atoms with E-state index in [1.54, 1.807) is 0 Å². The number of nitrogen functional groups attached to an aromatic ring is 1. The lowest BCUT2D eigenvalue weighted by molar-refractivity contribution is 0.993. The van der Waals surface area contributed by atoms with Crippen LogP contribution in [0.2, 0.25) is 5.02 Å². The zero-order chi connectivity index (χ0) is 12.4. The zero-order valence-electron chi connectivity index (χ0n) is 9.33. The van der Waals surface area contributed by atoms with Crippen LogP contribution in [0.3, 0.4) is 0 Å². The van der Waals surface area contributed by atoms with Gasteiger partial charge in [0.15, 0.2) is 4.77 Å². The number of rotatable bonds is 2. The Kier molecular flexibility index (Phi) is 3.45. The molecule has 3 N–H and O–H groups in total. The number of hydrogen-bond donors (Lipinski definition) is 2. The minimum atomic E-state index is 0.414. The molecule has 1 aromatic carbocycles. The van der Waals surface area contributed by atoms with Crippen LogP contribution in [0.15, 0.2) is 24.3 Å². The number of nitrogens with two attached hydrogens (primary N) is 1. The lowest BCUT2D eigenvalue weighted by Gasteiger charge is -2.10. The van der Waals surface area contributed by atoms with E-state index in [4.69, 9.17) is 29.6 Å². The number of halogens is 1. The van der Waals surface area contributed by atoms with E-state index in [0.717, 1.165) is 23.2 Å². The molecule has 17 heavy (non-hydrogen) atoms. The van der Waals surface area contributed by atoms with Gasteiger partial charge in [-0.25, -0.2) is 4.98 Å². The SMILES string of the molecule is CCc1[nH]c(=S)nc(N)c1-c1ccc(Cl)cc1. The molecule has 88 valence electrons. The Labute approximate surface area is 110 Å². The molecule has 0 aliphatic heterocycles. The molecule has 0 saturated heterocycles. The second-order valence-corrected chi connectivity index (χ2v) is 4.46. The standard InChI is InChI=1S/C12H12ClN3S/c1-2-9-10(11(14)16-12(17)15-9)7-3-5-8(13)6-4-7/h3-6H,2H2,1H3,(H3,14,15,16,17). The number of anilines is 1. The van der Waals surface area contributed by atoms with Crippen molar-refractivity contribution in [2.24, 2.45) is 0 Å². The molecule has 0 unspecified atom stereocenters. The first kappa shape index (κ1) is 12.1. The lowest BCUT2D eigenvalue weighted by atomic mass is 10.0. The number of H-pyrrole nitrogens is 1. The number of nitrogens with zero attached hydrogens (tertiary/aromatic N) is 1. The summed E-state index contributed by atoms with van der Waals surface area (Å²) >= 11 is 10.9. The van der Waals surface area contributed by atoms with Crippen LogP contribution >= 0.6 is 23.8 Å². The van der Waals surface area contributed by atoms with Crippen molar-refractivity contribution in [3.05, 3.63) is 39.8 Å². The van der Waals surface area contributed by atoms with E-state index in [0.29, 0.717) is 15.6 Å². The van der Waals surface area contributed by atoms with Crippen molar-refractivity contribution in [2.45, 2.75) is 13.3 Å². The van der Waals surface area contributed by atoms with Gasteiger partial charge < -0.3 is 10.7 Å². The molecular formula is C12H12ClN3S. The summed E-state index contributed by atoms with van der Waals surface area (Å²) in [5.74, 6) is 0.452. The summed E-state index contributed by atoms with van der Waals surface area (Å²) in [4.78, 5) is 7.16. The summed E-state index contributed by atoms with van der Waals surface area (Å²) in [6.07, 6.45) is 0.814. The molecule has 2 aromatic rings. The van der Waals surface area contributed by atoms with Gasteiger partial charge in [-0.1, -0.05) is 30.7 Å². The highest BCUT2D eigenvalue weighted by Gasteiger charge is 2.09.